The fourth-order valence-electron chi connectivity index (χ4n) is 1.93. The number of aliphatic carboxylic acids is 1. The van der Waals surface area contributed by atoms with E-state index in [1.165, 1.54) is 6.08 Å². The summed E-state index contributed by atoms with van der Waals surface area (Å²) in [5.41, 5.74) is 2.71. The summed E-state index contributed by atoms with van der Waals surface area (Å²) in [5, 5.41) is 8.72. The number of allylic oxidation sites excluding steroid dienone is 1. The van der Waals surface area contributed by atoms with Crippen LogP contribution in [0.1, 0.15) is 24.5 Å². The van der Waals surface area contributed by atoms with Crippen molar-refractivity contribution < 1.29 is 19.4 Å². The standard InChI is InChI=1S/C16H20O4/c1-11(2)5-8-13-14(19-3)9-6-12(16(13)20-4)7-10-15(17)18/h6-7,9-10H,1,5,8H2,2-4H3,(H,17,18)/b10-7-. The van der Waals surface area contributed by atoms with Crippen molar-refractivity contribution in [2.24, 2.45) is 0 Å². The molecule has 0 heterocycles. The van der Waals surface area contributed by atoms with Gasteiger partial charge in [-0.3, -0.25) is 0 Å². The van der Waals surface area contributed by atoms with Crippen molar-refractivity contribution in [3.63, 3.8) is 0 Å². The van der Waals surface area contributed by atoms with Crippen LogP contribution in [0.15, 0.2) is 30.4 Å². The summed E-state index contributed by atoms with van der Waals surface area (Å²) in [5.74, 6) is 0.380. The van der Waals surface area contributed by atoms with E-state index in [0.717, 1.165) is 35.8 Å². The highest BCUT2D eigenvalue weighted by Gasteiger charge is 2.13. The molecule has 0 saturated carbocycles. The second-order valence-electron chi connectivity index (χ2n) is 4.50. The highest BCUT2D eigenvalue weighted by Crippen LogP contribution is 2.34. The van der Waals surface area contributed by atoms with Gasteiger partial charge >= 0.3 is 5.97 Å². The Balaban J connectivity index is 3.24. The Morgan fingerprint density at radius 2 is 2.05 bits per heavy atom. The van der Waals surface area contributed by atoms with Gasteiger partial charge in [0.25, 0.3) is 0 Å². The molecule has 108 valence electrons. The first-order valence-corrected chi connectivity index (χ1v) is 6.28. The molecule has 0 aliphatic heterocycles. The molecule has 1 N–H and O–H groups in total. The number of ether oxygens (including phenoxy) is 2. The molecule has 20 heavy (non-hydrogen) atoms. The maximum atomic E-state index is 10.6. The smallest absolute Gasteiger partial charge is 0.328 e. The van der Waals surface area contributed by atoms with Gasteiger partial charge < -0.3 is 14.6 Å². The van der Waals surface area contributed by atoms with Crippen LogP contribution in [-0.2, 0) is 11.2 Å². The molecule has 1 aromatic carbocycles. The highest BCUT2D eigenvalue weighted by atomic mass is 16.5. The molecule has 4 heteroatoms. The molecule has 0 radical (unpaired) electrons. The van der Waals surface area contributed by atoms with Gasteiger partial charge in [0.1, 0.15) is 11.5 Å². The Bertz CT molecular complexity index is 530. The number of benzene rings is 1. The Kier molecular flexibility index (Phi) is 5.84. The van der Waals surface area contributed by atoms with E-state index in [2.05, 4.69) is 6.58 Å². The van der Waals surface area contributed by atoms with E-state index in [4.69, 9.17) is 14.6 Å². The van der Waals surface area contributed by atoms with Crippen molar-refractivity contribution in [2.75, 3.05) is 14.2 Å². The topological polar surface area (TPSA) is 55.8 Å². The molecule has 0 aliphatic rings. The lowest BCUT2D eigenvalue weighted by molar-refractivity contribution is -0.131. The number of methoxy groups -OCH3 is 2. The maximum absolute atomic E-state index is 10.6. The van der Waals surface area contributed by atoms with E-state index >= 15 is 0 Å². The summed E-state index contributed by atoms with van der Waals surface area (Å²) < 4.78 is 10.8. The van der Waals surface area contributed by atoms with Crippen molar-refractivity contribution in [3.05, 3.63) is 41.5 Å². The zero-order valence-electron chi connectivity index (χ0n) is 12.1. The summed E-state index contributed by atoms with van der Waals surface area (Å²) in [6.07, 6.45) is 4.16. The van der Waals surface area contributed by atoms with Gasteiger partial charge in [-0.05, 0) is 38.0 Å². The number of hydrogen-bond donors (Lipinski definition) is 1. The molecule has 0 aliphatic carbocycles. The van der Waals surface area contributed by atoms with E-state index in [0.29, 0.717) is 11.3 Å². The molecule has 0 bridgehead atoms. The van der Waals surface area contributed by atoms with Gasteiger partial charge in [-0.2, -0.15) is 0 Å². The van der Waals surface area contributed by atoms with E-state index < -0.39 is 5.97 Å². The second-order valence-corrected chi connectivity index (χ2v) is 4.50. The van der Waals surface area contributed by atoms with Gasteiger partial charge in [-0.1, -0.05) is 5.57 Å². The van der Waals surface area contributed by atoms with Gasteiger partial charge in [-0.25, -0.2) is 4.79 Å². The first-order valence-electron chi connectivity index (χ1n) is 6.28. The molecule has 0 spiro atoms. The average Bonchev–Trinajstić information content (AvgIpc) is 2.41. The quantitative estimate of drug-likeness (QED) is 0.613. The molecule has 0 fully saturated rings. The molecule has 1 aromatic rings. The van der Waals surface area contributed by atoms with E-state index in [1.807, 2.05) is 13.0 Å². The predicted molar refractivity (Wildman–Crippen MR) is 79.4 cm³/mol. The Labute approximate surface area is 119 Å². The molecular formula is C16H20O4. The van der Waals surface area contributed by atoms with Gasteiger partial charge in [-0.15, -0.1) is 6.58 Å². The van der Waals surface area contributed by atoms with Crippen molar-refractivity contribution in [3.8, 4) is 11.5 Å². The minimum atomic E-state index is -0.994. The minimum absolute atomic E-state index is 0.642. The van der Waals surface area contributed by atoms with Crippen molar-refractivity contribution >= 4 is 12.0 Å². The number of carboxylic acid groups (broad SMARTS) is 1. The number of carboxylic acids is 1. The lowest BCUT2D eigenvalue weighted by Gasteiger charge is -2.15. The van der Waals surface area contributed by atoms with Crippen LogP contribution in [0.3, 0.4) is 0 Å². The molecule has 1 rings (SSSR count). The first kappa shape index (κ1) is 15.8. The summed E-state index contributed by atoms with van der Waals surface area (Å²) in [6, 6.07) is 3.60. The normalized spacial score (nSPS) is 10.6. The zero-order chi connectivity index (χ0) is 15.1. The Morgan fingerprint density at radius 3 is 2.55 bits per heavy atom. The summed E-state index contributed by atoms with van der Waals surface area (Å²) in [7, 11) is 3.17. The summed E-state index contributed by atoms with van der Waals surface area (Å²) in [4.78, 5) is 10.6. The van der Waals surface area contributed by atoms with Crippen LogP contribution in [0, 0.1) is 0 Å². The third-order valence-electron chi connectivity index (χ3n) is 2.88. The van der Waals surface area contributed by atoms with Crippen LogP contribution < -0.4 is 9.47 Å². The first-order chi connectivity index (χ1) is 9.49. The number of rotatable bonds is 7. The Hall–Kier alpha value is -2.23. The SMILES string of the molecule is C=C(C)CCc1c(OC)ccc(/C=C\C(=O)O)c1OC. The lowest BCUT2D eigenvalue weighted by atomic mass is 10.0. The van der Waals surface area contributed by atoms with Crippen molar-refractivity contribution in [1.29, 1.82) is 0 Å². The minimum Gasteiger partial charge on any atom is -0.496 e. The van der Waals surface area contributed by atoms with Crippen LogP contribution >= 0.6 is 0 Å². The van der Waals surface area contributed by atoms with E-state index in [9.17, 15) is 4.79 Å². The molecule has 4 nitrogen and oxygen atoms in total. The average molecular weight is 276 g/mol. The highest BCUT2D eigenvalue weighted by molar-refractivity contribution is 5.86. The fraction of sp³-hybridized carbons (Fsp3) is 0.312. The maximum Gasteiger partial charge on any atom is 0.328 e. The number of hydrogen-bond acceptors (Lipinski definition) is 3. The van der Waals surface area contributed by atoms with Crippen LogP contribution in [0.5, 0.6) is 11.5 Å². The van der Waals surface area contributed by atoms with E-state index in [-0.39, 0.29) is 0 Å². The summed E-state index contributed by atoms with van der Waals surface area (Å²) in [6.45, 7) is 5.86. The zero-order valence-corrected chi connectivity index (χ0v) is 12.1. The van der Waals surface area contributed by atoms with Crippen molar-refractivity contribution in [1.82, 2.24) is 0 Å². The molecule has 0 saturated heterocycles. The van der Waals surface area contributed by atoms with Gasteiger partial charge in [0.2, 0.25) is 0 Å². The Morgan fingerprint density at radius 1 is 1.35 bits per heavy atom. The second kappa shape index (κ2) is 7.38. The van der Waals surface area contributed by atoms with Crippen molar-refractivity contribution in [2.45, 2.75) is 19.8 Å². The summed E-state index contributed by atoms with van der Waals surface area (Å²) >= 11 is 0. The van der Waals surface area contributed by atoms with Gasteiger partial charge in [0.15, 0.2) is 0 Å². The van der Waals surface area contributed by atoms with E-state index in [1.54, 1.807) is 20.3 Å². The van der Waals surface area contributed by atoms with Crippen LogP contribution in [-0.4, -0.2) is 25.3 Å². The predicted octanol–water partition coefficient (Wildman–Crippen LogP) is 3.31. The molecule has 0 unspecified atom stereocenters. The largest absolute Gasteiger partial charge is 0.496 e. The third kappa shape index (κ3) is 4.16. The van der Waals surface area contributed by atoms with Crippen LogP contribution in [0.25, 0.3) is 6.08 Å². The third-order valence-corrected chi connectivity index (χ3v) is 2.88. The fourth-order valence-corrected chi connectivity index (χ4v) is 1.93. The van der Waals surface area contributed by atoms with Crippen LogP contribution in [0.2, 0.25) is 0 Å². The molecule has 0 atom stereocenters. The van der Waals surface area contributed by atoms with Gasteiger partial charge in [0.05, 0.1) is 14.2 Å². The molecule has 0 amide bonds. The number of carbonyl (C=O) groups is 1. The monoisotopic (exact) mass is 276 g/mol. The van der Waals surface area contributed by atoms with Gasteiger partial charge in [0, 0.05) is 17.2 Å². The van der Waals surface area contributed by atoms with Crippen LogP contribution in [0.4, 0.5) is 0 Å². The molecule has 0 aromatic heterocycles. The lowest BCUT2D eigenvalue weighted by Crippen LogP contribution is -2.00. The molecular weight excluding hydrogens is 256 g/mol.